The van der Waals surface area contributed by atoms with Crippen molar-refractivity contribution in [3.05, 3.63) is 65.7 Å². The third-order valence-electron chi connectivity index (χ3n) is 2.96. The van der Waals surface area contributed by atoms with Crippen molar-refractivity contribution >= 4 is 16.1 Å². The Morgan fingerprint density at radius 1 is 1.08 bits per heavy atom. The molecule has 0 aliphatic heterocycles. The zero-order chi connectivity index (χ0) is 18.0. The minimum atomic E-state index is -4.03. The van der Waals surface area contributed by atoms with Crippen LogP contribution in [-0.2, 0) is 26.3 Å². The largest absolute Gasteiger partial charge is 0.461 e. The van der Waals surface area contributed by atoms with Crippen LogP contribution in [0.2, 0.25) is 0 Å². The number of benzene rings is 2. The Hall–Kier alpha value is -2.22. The predicted molar refractivity (Wildman–Crippen MR) is 90.9 cm³/mol. The summed E-state index contributed by atoms with van der Waals surface area (Å²) in [6, 6.07) is 15.8. The van der Waals surface area contributed by atoms with Crippen molar-refractivity contribution in [2.75, 3.05) is 6.54 Å². The van der Waals surface area contributed by atoms with E-state index in [0.717, 1.165) is 5.56 Å². The number of esters is 1. The Morgan fingerprint density at radius 2 is 1.67 bits per heavy atom. The van der Waals surface area contributed by atoms with Crippen LogP contribution in [0, 0.1) is 6.92 Å². The summed E-state index contributed by atoms with van der Waals surface area (Å²) in [5, 5.41) is 0. The monoisotopic (exact) mass is 351 g/mol. The van der Waals surface area contributed by atoms with Gasteiger partial charge in [0.15, 0.2) is 0 Å². The van der Waals surface area contributed by atoms with Gasteiger partial charge in [-0.3, -0.25) is 9.35 Å². The summed E-state index contributed by atoms with van der Waals surface area (Å²) in [6.45, 7) is 2.30. The smallest absolute Gasteiger partial charge is 0.307 e. The van der Waals surface area contributed by atoms with Crippen molar-refractivity contribution in [1.29, 1.82) is 0 Å². The molecule has 0 bridgehead atoms. The number of rotatable bonds is 5. The Bertz CT molecular complexity index is 745. The molecule has 0 amide bonds. The number of hydrogen-bond donors (Lipinski definition) is 2. The van der Waals surface area contributed by atoms with Gasteiger partial charge in [0.1, 0.15) is 6.61 Å². The SMILES string of the molecule is Cc1ccccc1S(=O)(=O)O.NCCC(=O)OCc1ccccc1. The molecule has 0 unspecified atom stereocenters. The summed E-state index contributed by atoms with van der Waals surface area (Å²) >= 11 is 0. The lowest BCUT2D eigenvalue weighted by molar-refractivity contribution is -0.144. The summed E-state index contributed by atoms with van der Waals surface area (Å²) in [5.74, 6) is -0.244. The van der Waals surface area contributed by atoms with E-state index in [0.29, 0.717) is 18.7 Å². The van der Waals surface area contributed by atoms with Gasteiger partial charge >= 0.3 is 5.97 Å². The molecule has 2 rings (SSSR count). The van der Waals surface area contributed by atoms with Gasteiger partial charge in [-0.2, -0.15) is 8.42 Å². The fraction of sp³-hybridized carbons (Fsp3) is 0.235. The van der Waals surface area contributed by atoms with Crippen LogP contribution in [-0.4, -0.2) is 25.5 Å². The van der Waals surface area contributed by atoms with Crippen molar-refractivity contribution in [1.82, 2.24) is 0 Å². The third-order valence-corrected chi connectivity index (χ3v) is 3.98. The van der Waals surface area contributed by atoms with Crippen LogP contribution < -0.4 is 5.73 Å². The lowest BCUT2D eigenvalue weighted by Gasteiger charge is -2.02. The van der Waals surface area contributed by atoms with Crippen LogP contribution in [0.4, 0.5) is 0 Å². The Balaban J connectivity index is 0.000000243. The van der Waals surface area contributed by atoms with Gasteiger partial charge in [-0.05, 0) is 24.1 Å². The summed E-state index contributed by atoms with van der Waals surface area (Å²) in [4.78, 5) is 10.9. The molecule has 0 aliphatic rings. The first-order valence-corrected chi connectivity index (χ1v) is 8.71. The number of carbonyl (C=O) groups excluding carboxylic acids is 1. The minimum absolute atomic E-state index is 0.0278. The average molecular weight is 351 g/mol. The van der Waals surface area contributed by atoms with Gasteiger partial charge in [-0.1, -0.05) is 48.5 Å². The van der Waals surface area contributed by atoms with Gasteiger partial charge in [-0.15, -0.1) is 0 Å². The predicted octanol–water partition coefficient (Wildman–Crippen LogP) is 2.32. The fourth-order valence-electron chi connectivity index (χ4n) is 1.77. The molecule has 0 fully saturated rings. The Kier molecular flexibility index (Phi) is 8.11. The number of hydrogen-bond acceptors (Lipinski definition) is 5. The zero-order valence-corrected chi connectivity index (χ0v) is 14.2. The van der Waals surface area contributed by atoms with Gasteiger partial charge in [0.05, 0.1) is 11.3 Å². The minimum Gasteiger partial charge on any atom is -0.461 e. The van der Waals surface area contributed by atoms with Gasteiger partial charge in [0, 0.05) is 6.54 Å². The van der Waals surface area contributed by atoms with Crippen LogP contribution in [0.3, 0.4) is 0 Å². The number of ether oxygens (including phenoxy) is 1. The molecular weight excluding hydrogens is 330 g/mol. The van der Waals surface area contributed by atoms with Gasteiger partial charge in [0.2, 0.25) is 0 Å². The topological polar surface area (TPSA) is 107 Å². The van der Waals surface area contributed by atoms with E-state index in [-0.39, 0.29) is 17.3 Å². The highest BCUT2D eigenvalue weighted by molar-refractivity contribution is 7.85. The molecule has 7 heteroatoms. The molecule has 2 aromatic carbocycles. The first-order valence-electron chi connectivity index (χ1n) is 7.27. The van der Waals surface area contributed by atoms with Gasteiger partial charge < -0.3 is 10.5 Å². The highest BCUT2D eigenvalue weighted by Gasteiger charge is 2.10. The highest BCUT2D eigenvalue weighted by atomic mass is 32.2. The van der Waals surface area contributed by atoms with E-state index in [1.54, 1.807) is 25.1 Å². The zero-order valence-electron chi connectivity index (χ0n) is 13.4. The summed E-state index contributed by atoms with van der Waals surface area (Å²) in [7, 11) is -4.03. The average Bonchev–Trinajstić information content (AvgIpc) is 2.54. The van der Waals surface area contributed by atoms with Crippen molar-refractivity contribution in [2.24, 2.45) is 5.73 Å². The van der Waals surface area contributed by atoms with Crippen molar-refractivity contribution in [3.8, 4) is 0 Å². The maximum atomic E-state index is 10.9. The lowest BCUT2D eigenvalue weighted by Crippen LogP contribution is -2.10. The maximum absolute atomic E-state index is 10.9. The molecular formula is C17H21NO5S. The molecule has 0 atom stereocenters. The first-order chi connectivity index (χ1) is 11.3. The second kappa shape index (κ2) is 9.82. The molecule has 2 aromatic rings. The molecule has 0 saturated carbocycles. The highest BCUT2D eigenvalue weighted by Crippen LogP contribution is 2.12. The molecule has 0 aliphatic carbocycles. The normalized spacial score (nSPS) is 10.5. The lowest BCUT2D eigenvalue weighted by atomic mass is 10.2. The van der Waals surface area contributed by atoms with Crippen LogP contribution in [0.25, 0.3) is 0 Å². The molecule has 0 saturated heterocycles. The number of nitrogens with two attached hydrogens (primary N) is 1. The molecule has 24 heavy (non-hydrogen) atoms. The van der Waals surface area contributed by atoms with E-state index < -0.39 is 10.1 Å². The molecule has 0 spiro atoms. The van der Waals surface area contributed by atoms with E-state index in [1.807, 2.05) is 30.3 Å². The number of carbonyl (C=O) groups is 1. The van der Waals surface area contributed by atoms with E-state index in [1.165, 1.54) is 6.07 Å². The Labute approximate surface area is 142 Å². The molecule has 130 valence electrons. The van der Waals surface area contributed by atoms with Crippen LogP contribution in [0.5, 0.6) is 0 Å². The third kappa shape index (κ3) is 7.36. The van der Waals surface area contributed by atoms with Gasteiger partial charge in [0.25, 0.3) is 10.1 Å². The quantitative estimate of drug-likeness (QED) is 0.632. The van der Waals surface area contributed by atoms with E-state index in [9.17, 15) is 13.2 Å². The second-order valence-electron chi connectivity index (χ2n) is 4.93. The summed E-state index contributed by atoms with van der Waals surface area (Å²) in [5.41, 5.74) is 6.74. The Morgan fingerprint density at radius 3 is 2.17 bits per heavy atom. The summed E-state index contributed by atoms with van der Waals surface area (Å²) in [6.07, 6.45) is 0.285. The standard InChI is InChI=1S/C10H13NO2.C7H8O3S/c11-7-6-10(12)13-8-9-4-2-1-3-5-9;1-6-4-2-3-5-7(6)11(8,9)10/h1-5H,6-8,11H2;2-5H,1H3,(H,8,9,10). The van der Waals surface area contributed by atoms with E-state index in [2.05, 4.69) is 0 Å². The van der Waals surface area contributed by atoms with Crippen LogP contribution in [0.1, 0.15) is 17.5 Å². The van der Waals surface area contributed by atoms with Crippen molar-refractivity contribution in [2.45, 2.75) is 24.8 Å². The molecule has 6 nitrogen and oxygen atoms in total. The molecule has 0 heterocycles. The summed E-state index contributed by atoms with van der Waals surface area (Å²) < 4.78 is 34.8. The van der Waals surface area contributed by atoms with Crippen LogP contribution in [0.15, 0.2) is 59.5 Å². The van der Waals surface area contributed by atoms with E-state index in [4.69, 9.17) is 15.0 Å². The second-order valence-corrected chi connectivity index (χ2v) is 6.32. The van der Waals surface area contributed by atoms with Crippen molar-refractivity contribution < 1.29 is 22.5 Å². The fourth-order valence-corrected chi connectivity index (χ4v) is 2.50. The maximum Gasteiger partial charge on any atom is 0.307 e. The first kappa shape index (κ1) is 19.8. The number of aryl methyl sites for hydroxylation is 1. The van der Waals surface area contributed by atoms with Gasteiger partial charge in [-0.25, -0.2) is 0 Å². The molecule has 0 aromatic heterocycles. The van der Waals surface area contributed by atoms with Crippen molar-refractivity contribution in [3.63, 3.8) is 0 Å². The molecule has 3 N–H and O–H groups in total. The van der Waals surface area contributed by atoms with E-state index >= 15 is 0 Å². The van der Waals surface area contributed by atoms with Crippen LogP contribution >= 0.6 is 0 Å². The molecule has 0 radical (unpaired) electrons.